The number of aliphatic hydroxyl groups excluding tert-OH is 1. The Morgan fingerprint density at radius 2 is 2.29 bits per heavy atom. The van der Waals surface area contributed by atoms with Crippen molar-refractivity contribution in [3.05, 3.63) is 10.0 Å². The maximum Gasteiger partial charge on any atom is 0.131 e. The number of hydrogen-bond donors (Lipinski definition) is 1. The molecule has 4 nitrogen and oxygen atoms in total. The highest BCUT2D eigenvalue weighted by Gasteiger charge is 2.22. The van der Waals surface area contributed by atoms with Crippen LogP contribution in [0, 0.1) is 6.92 Å². The lowest BCUT2D eigenvalue weighted by atomic mass is 9.98. The van der Waals surface area contributed by atoms with Crippen molar-refractivity contribution in [2.75, 3.05) is 13.2 Å². The molecule has 1 aromatic heterocycles. The van der Waals surface area contributed by atoms with E-state index in [4.69, 9.17) is 5.11 Å². The van der Waals surface area contributed by atoms with Gasteiger partial charge in [-0.25, -0.2) is 0 Å². The van der Waals surface area contributed by atoms with Gasteiger partial charge in [0.2, 0.25) is 0 Å². The number of aromatic nitrogens is 2. The molecule has 0 bridgehead atoms. The second kappa shape index (κ2) is 6.42. The summed E-state index contributed by atoms with van der Waals surface area (Å²) in [6.45, 7) is 4.40. The summed E-state index contributed by atoms with van der Waals surface area (Å²) in [5.41, 5.74) is 0. The van der Waals surface area contributed by atoms with E-state index in [9.17, 15) is 0 Å². The number of aryl methyl sites for hydroxylation is 1. The topological polar surface area (TPSA) is 49.2 Å². The van der Waals surface area contributed by atoms with Gasteiger partial charge in [-0.15, -0.1) is 21.5 Å². The Balaban J connectivity index is 1.91. The van der Waals surface area contributed by atoms with E-state index in [0.29, 0.717) is 12.6 Å². The summed E-state index contributed by atoms with van der Waals surface area (Å²) in [6.07, 6.45) is 5.89. The zero-order valence-electron chi connectivity index (χ0n) is 10.4. The van der Waals surface area contributed by atoms with Crippen LogP contribution in [0.4, 0.5) is 0 Å². The number of likely N-dealkylation sites (tertiary alicyclic amines) is 1. The third-order valence-corrected chi connectivity index (χ3v) is 4.17. The molecule has 1 aliphatic heterocycles. The largest absolute Gasteiger partial charge is 0.396 e. The van der Waals surface area contributed by atoms with Crippen molar-refractivity contribution >= 4 is 11.3 Å². The lowest BCUT2D eigenvalue weighted by molar-refractivity contribution is 0.123. The normalized spacial score (nSPS) is 21.9. The molecule has 1 saturated heterocycles. The molecule has 0 aromatic carbocycles. The van der Waals surface area contributed by atoms with E-state index in [1.165, 1.54) is 19.3 Å². The van der Waals surface area contributed by atoms with Crippen molar-refractivity contribution in [1.82, 2.24) is 15.1 Å². The van der Waals surface area contributed by atoms with Crippen LogP contribution < -0.4 is 0 Å². The van der Waals surface area contributed by atoms with Crippen LogP contribution >= 0.6 is 11.3 Å². The molecule has 1 fully saturated rings. The molecule has 96 valence electrons. The van der Waals surface area contributed by atoms with Crippen molar-refractivity contribution in [1.29, 1.82) is 0 Å². The summed E-state index contributed by atoms with van der Waals surface area (Å²) < 4.78 is 0. The van der Waals surface area contributed by atoms with Crippen molar-refractivity contribution < 1.29 is 5.11 Å². The van der Waals surface area contributed by atoms with Gasteiger partial charge >= 0.3 is 0 Å². The number of piperidine rings is 1. The summed E-state index contributed by atoms with van der Waals surface area (Å²) in [5, 5.41) is 19.4. The lowest BCUT2D eigenvalue weighted by Gasteiger charge is -2.35. The Bertz CT molecular complexity index is 342. The lowest BCUT2D eigenvalue weighted by Crippen LogP contribution is -2.39. The molecule has 2 rings (SSSR count). The molecular formula is C12H21N3OS. The van der Waals surface area contributed by atoms with Gasteiger partial charge < -0.3 is 5.11 Å². The molecule has 2 heterocycles. The molecule has 0 radical (unpaired) electrons. The Kier molecular flexibility index (Phi) is 4.88. The molecule has 1 unspecified atom stereocenters. The van der Waals surface area contributed by atoms with Crippen LogP contribution in [0.25, 0.3) is 0 Å². The van der Waals surface area contributed by atoms with Crippen LogP contribution in [0.15, 0.2) is 0 Å². The van der Waals surface area contributed by atoms with E-state index in [2.05, 4.69) is 15.1 Å². The molecule has 0 spiro atoms. The van der Waals surface area contributed by atoms with Gasteiger partial charge in [0, 0.05) is 12.6 Å². The predicted molar refractivity (Wildman–Crippen MR) is 69.0 cm³/mol. The van der Waals surface area contributed by atoms with Gasteiger partial charge in [-0.2, -0.15) is 0 Å². The predicted octanol–water partition coefficient (Wildman–Crippen LogP) is 1.97. The van der Waals surface area contributed by atoms with Crippen LogP contribution in [0.3, 0.4) is 0 Å². The SMILES string of the molecule is Cc1nnc(CN2CCCCC2CCCO)s1. The molecular weight excluding hydrogens is 234 g/mol. The van der Waals surface area contributed by atoms with E-state index in [1.807, 2.05) is 6.92 Å². The van der Waals surface area contributed by atoms with Gasteiger partial charge in [0.05, 0.1) is 6.54 Å². The highest BCUT2D eigenvalue weighted by Crippen LogP contribution is 2.23. The highest BCUT2D eigenvalue weighted by atomic mass is 32.1. The first kappa shape index (κ1) is 12.9. The first-order valence-corrected chi connectivity index (χ1v) is 7.25. The van der Waals surface area contributed by atoms with Crippen molar-refractivity contribution in [2.45, 2.75) is 51.6 Å². The van der Waals surface area contributed by atoms with Crippen LogP contribution in [0.1, 0.15) is 42.1 Å². The molecule has 17 heavy (non-hydrogen) atoms. The molecule has 0 amide bonds. The summed E-state index contributed by atoms with van der Waals surface area (Å²) in [5.74, 6) is 0. The Morgan fingerprint density at radius 1 is 1.41 bits per heavy atom. The summed E-state index contributed by atoms with van der Waals surface area (Å²) in [7, 11) is 0. The zero-order valence-corrected chi connectivity index (χ0v) is 11.2. The van der Waals surface area contributed by atoms with Gasteiger partial charge in [-0.1, -0.05) is 6.42 Å². The molecule has 1 aliphatic rings. The maximum atomic E-state index is 8.94. The van der Waals surface area contributed by atoms with Gasteiger partial charge in [0.15, 0.2) is 0 Å². The number of hydrogen-bond acceptors (Lipinski definition) is 5. The van der Waals surface area contributed by atoms with Gasteiger partial charge in [-0.3, -0.25) is 4.90 Å². The van der Waals surface area contributed by atoms with Crippen molar-refractivity contribution in [3.63, 3.8) is 0 Å². The van der Waals surface area contributed by atoms with E-state index in [-0.39, 0.29) is 0 Å². The van der Waals surface area contributed by atoms with Gasteiger partial charge in [0.1, 0.15) is 10.0 Å². The fourth-order valence-electron chi connectivity index (χ4n) is 2.50. The molecule has 0 aliphatic carbocycles. The van der Waals surface area contributed by atoms with E-state index >= 15 is 0 Å². The summed E-state index contributed by atoms with van der Waals surface area (Å²) >= 11 is 1.69. The average molecular weight is 255 g/mol. The van der Waals surface area contributed by atoms with Gasteiger partial charge in [-0.05, 0) is 39.2 Å². The van der Waals surface area contributed by atoms with E-state index in [0.717, 1.165) is 35.9 Å². The maximum absolute atomic E-state index is 8.94. The summed E-state index contributed by atoms with van der Waals surface area (Å²) in [6, 6.07) is 0.625. The number of rotatable bonds is 5. The minimum Gasteiger partial charge on any atom is -0.396 e. The standard InChI is InChI=1S/C12H21N3OS/c1-10-13-14-12(17-10)9-15-7-3-2-5-11(15)6-4-8-16/h11,16H,2-9H2,1H3. The van der Waals surface area contributed by atoms with Crippen LogP contribution in [0.2, 0.25) is 0 Å². The third-order valence-electron chi connectivity index (χ3n) is 3.35. The van der Waals surface area contributed by atoms with Crippen LogP contribution in [-0.4, -0.2) is 39.4 Å². The first-order chi connectivity index (χ1) is 8.29. The molecule has 1 aromatic rings. The monoisotopic (exact) mass is 255 g/mol. The fraction of sp³-hybridized carbons (Fsp3) is 0.833. The Hall–Kier alpha value is -0.520. The average Bonchev–Trinajstić information content (AvgIpc) is 2.74. The van der Waals surface area contributed by atoms with E-state index in [1.54, 1.807) is 11.3 Å². The third kappa shape index (κ3) is 3.72. The Labute approximate surface area is 107 Å². The number of nitrogens with zero attached hydrogens (tertiary/aromatic N) is 3. The molecule has 0 saturated carbocycles. The highest BCUT2D eigenvalue weighted by molar-refractivity contribution is 7.11. The van der Waals surface area contributed by atoms with Crippen LogP contribution in [0.5, 0.6) is 0 Å². The second-order valence-corrected chi connectivity index (χ2v) is 5.97. The Morgan fingerprint density at radius 3 is 3.00 bits per heavy atom. The zero-order chi connectivity index (χ0) is 12.1. The van der Waals surface area contributed by atoms with Crippen molar-refractivity contribution in [3.8, 4) is 0 Å². The van der Waals surface area contributed by atoms with E-state index < -0.39 is 0 Å². The molecule has 1 atom stereocenters. The molecule has 5 heteroatoms. The van der Waals surface area contributed by atoms with Crippen molar-refractivity contribution in [2.24, 2.45) is 0 Å². The molecule has 1 N–H and O–H groups in total. The summed E-state index contributed by atoms with van der Waals surface area (Å²) in [4.78, 5) is 2.51. The number of aliphatic hydroxyl groups is 1. The smallest absolute Gasteiger partial charge is 0.131 e. The van der Waals surface area contributed by atoms with Crippen LogP contribution in [-0.2, 0) is 6.54 Å². The second-order valence-electron chi connectivity index (χ2n) is 4.70. The minimum absolute atomic E-state index is 0.308. The fourth-order valence-corrected chi connectivity index (χ4v) is 3.23. The minimum atomic E-state index is 0.308. The first-order valence-electron chi connectivity index (χ1n) is 6.43. The van der Waals surface area contributed by atoms with Gasteiger partial charge in [0.25, 0.3) is 0 Å². The quantitative estimate of drug-likeness (QED) is 0.874.